The van der Waals surface area contributed by atoms with Gasteiger partial charge in [-0.05, 0) is 43.5 Å². The molecule has 2 rings (SSSR count). The van der Waals surface area contributed by atoms with Gasteiger partial charge < -0.3 is 15.2 Å². The number of ether oxygens (including phenoxy) is 1. The Morgan fingerprint density at radius 1 is 1.30 bits per heavy atom. The van der Waals surface area contributed by atoms with E-state index in [-0.39, 0.29) is 16.0 Å². The van der Waals surface area contributed by atoms with E-state index in [4.69, 9.17) is 4.74 Å². The van der Waals surface area contributed by atoms with Crippen LogP contribution in [0.15, 0.2) is 15.0 Å². The summed E-state index contributed by atoms with van der Waals surface area (Å²) >= 11 is 6.50. The van der Waals surface area contributed by atoms with E-state index in [2.05, 4.69) is 37.2 Å². The Labute approximate surface area is 149 Å². The van der Waals surface area contributed by atoms with Crippen LogP contribution in [-0.2, 0) is 0 Å². The zero-order valence-corrected chi connectivity index (χ0v) is 15.6. The molecule has 1 aliphatic heterocycles. The van der Waals surface area contributed by atoms with Crippen LogP contribution >= 0.6 is 31.9 Å². The third kappa shape index (κ3) is 4.52. The van der Waals surface area contributed by atoms with Crippen LogP contribution in [-0.4, -0.2) is 49.5 Å². The van der Waals surface area contributed by atoms with Crippen LogP contribution in [0.4, 0.5) is 13.2 Å². The van der Waals surface area contributed by atoms with Crippen LogP contribution in [0.25, 0.3) is 0 Å². The number of benzene rings is 1. The Morgan fingerprint density at radius 2 is 1.91 bits per heavy atom. The summed E-state index contributed by atoms with van der Waals surface area (Å²) in [5.41, 5.74) is 0.436. The molecule has 0 amide bonds. The number of alkyl halides is 3. The van der Waals surface area contributed by atoms with E-state index in [1.807, 2.05) is 0 Å². The number of hydrogen-bond acceptors (Lipinski definition) is 4. The van der Waals surface area contributed by atoms with Crippen LogP contribution in [0.3, 0.4) is 0 Å². The molecule has 1 aliphatic rings. The molecule has 1 fully saturated rings. The monoisotopic (exact) mass is 460 g/mol. The molecule has 9 heteroatoms. The smallest absolute Gasteiger partial charge is 0.390 e. The molecule has 130 valence electrons. The Morgan fingerprint density at radius 3 is 2.43 bits per heavy atom. The normalized spacial score (nSPS) is 18.0. The summed E-state index contributed by atoms with van der Waals surface area (Å²) in [7, 11) is 1.36. The van der Waals surface area contributed by atoms with Crippen molar-refractivity contribution < 1.29 is 23.0 Å². The summed E-state index contributed by atoms with van der Waals surface area (Å²) in [5, 5.41) is 13.1. The van der Waals surface area contributed by atoms with Crippen LogP contribution in [0.5, 0.6) is 11.5 Å². The van der Waals surface area contributed by atoms with Gasteiger partial charge in [-0.3, -0.25) is 4.90 Å². The Kier molecular flexibility index (Phi) is 6.21. The molecule has 4 nitrogen and oxygen atoms in total. The number of rotatable bonds is 4. The number of hydrogen-bond donors (Lipinski definition) is 2. The first-order valence-corrected chi connectivity index (χ1v) is 8.59. The van der Waals surface area contributed by atoms with Gasteiger partial charge in [-0.2, -0.15) is 13.2 Å². The Balaban J connectivity index is 2.47. The van der Waals surface area contributed by atoms with Crippen molar-refractivity contribution in [3.8, 4) is 11.5 Å². The third-order valence-corrected chi connectivity index (χ3v) is 5.93. The number of nitrogens with zero attached hydrogens (tertiary/aromatic N) is 1. The maximum atomic E-state index is 13.1. The number of phenolic OH excluding ortho intramolecular Hbond substituents is 1. The first-order chi connectivity index (χ1) is 10.7. The van der Waals surface area contributed by atoms with Crippen molar-refractivity contribution in [2.45, 2.75) is 18.6 Å². The molecule has 1 saturated heterocycles. The molecule has 0 spiro atoms. The van der Waals surface area contributed by atoms with Gasteiger partial charge >= 0.3 is 6.18 Å². The van der Waals surface area contributed by atoms with Crippen LogP contribution < -0.4 is 10.1 Å². The van der Waals surface area contributed by atoms with E-state index < -0.39 is 18.6 Å². The van der Waals surface area contributed by atoms with E-state index in [1.165, 1.54) is 13.2 Å². The summed E-state index contributed by atoms with van der Waals surface area (Å²) in [6.07, 6.45) is -5.27. The lowest BCUT2D eigenvalue weighted by molar-refractivity contribution is -0.148. The van der Waals surface area contributed by atoms with Gasteiger partial charge in [0.1, 0.15) is 0 Å². The standard InChI is InChI=1S/C14H17Br2F3N2O2/c1-23-10-6-8(11(15)12(16)13(10)22)9(7-14(17,18)19)21-4-2-20-3-5-21/h6,9,20,22H,2-5,7H2,1H3/t9-/m0/s1. The second-order valence-corrected chi connectivity index (χ2v) is 6.85. The fourth-order valence-electron chi connectivity index (χ4n) is 2.66. The van der Waals surface area contributed by atoms with E-state index in [0.717, 1.165) is 0 Å². The molecule has 0 unspecified atom stereocenters. The van der Waals surface area contributed by atoms with E-state index >= 15 is 0 Å². The minimum Gasteiger partial charge on any atom is -0.503 e. The quantitative estimate of drug-likeness (QED) is 0.715. The van der Waals surface area contributed by atoms with Crippen molar-refractivity contribution in [3.63, 3.8) is 0 Å². The van der Waals surface area contributed by atoms with Crippen molar-refractivity contribution in [1.82, 2.24) is 10.2 Å². The lowest BCUT2D eigenvalue weighted by Gasteiger charge is -2.36. The second kappa shape index (κ2) is 7.58. The van der Waals surface area contributed by atoms with Crippen molar-refractivity contribution in [2.24, 2.45) is 0 Å². The Bertz CT molecular complexity index is 564. The van der Waals surface area contributed by atoms with Crippen molar-refractivity contribution in [3.05, 3.63) is 20.6 Å². The number of halogens is 5. The third-order valence-electron chi connectivity index (χ3n) is 3.77. The first-order valence-electron chi connectivity index (χ1n) is 7.01. The maximum absolute atomic E-state index is 13.1. The van der Waals surface area contributed by atoms with Gasteiger partial charge in [0.25, 0.3) is 0 Å². The summed E-state index contributed by atoms with van der Waals surface area (Å²) in [6, 6.07) is 0.611. The predicted molar refractivity (Wildman–Crippen MR) is 87.9 cm³/mol. The summed E-state index contributed by atoms with van der Waals surface area (Å²) < 4.78 is 45.0. The molecule has 1 atom stereocenters. The molecule has 1 heterocycles. The highest BCUT2D eigenvalue weighted by molar-refractivity contribution is 9.13. The fraction of sp³-hybridized carbons (Fsp3) is 0.571. The fourth-order valence-corrected chi connectivity index (χ4v) is 3.65. The highest BCUT2D eigenvalue weighted by Crippen LogP contribution is 2.46. The molecule has 0 radical (unpaired) electrons. The van der Waals surface area contributed by atoms with Gasteiger partial charge in [-0.25, -0.2) is 0 Å². The number of phenols is 1. The molecule has 0 aliphatic carbocycles. The van der Waals surface area contributed by atoms with E-state index in [9.17, 15) is 18.3 Å². The SMILES string of the molecule is COc1cc([C@H](CC(F)(F)F)N2CCNCC2)c(Br)c(Br)c1O. The van der Waals surface area contributed by atoms with E-state index in [0.29, 0.717) is 36.2 Å². The topological polar surface area (TPSA) is 44.7 Å². The number of aromatic hydroxyl groups is 1. The van der Waals surface area contributed by atoms with E-state index in [1.54, 1.807) is 4.90 Å². The van der Waals surface area contributed by atoms with Crippen molar-refractivity contribution in [2.75, 3.05) is 33.3 Å². The highest BCUT2D eigenvalue weighted by atomic mass is 79.9. The van der Waals surface area contributed by atoms with Crippen LogP contribution in [0, 0.1) is 0 Å². The molecule has 23 heavy (non-hydrogen) atoms. The minimum absolute atomic E-state index is 0.136. The average molecular weight is 462 g/mol. The summed E-state index contributed by atoms with van der Waals surface area (Å²) in [6.45, 7) is 2.33. The molecule has 1 aromatic carbocycles. The van der Waals surface area contributed by atoms with Crippen molar-refractivity contribution in [1.29, 1.82) is 0 Å². The van der Waals surface area contributed by atoms with Crippen molar-refractivity contribution >= 4 is 31.9 Å². The lowest BCUT2D eigenvalue weighted by Crippen LogP contribution is -2.46. The lowest BCUT2D eigenvalue weighted by atomic mass is 10.00. The Hall–Kier alpha value is -0.510. The number of piperazine rings is 1. The van der Waals surface area contributed by atoms with Gasteiger partial charge in [0.15, 0.2) is 11.5 Å². The molecule has 0 bridgehead atoms. The molecular formula is C14H17Br2F3N2O2. The molecule has 1 aromatic rings. The van der Waals surface area contributed by atoms with Crippen LogP contribution in [0.1, 0.15) is 18.0 Å². The molecule has 0 aromatic heterocycles. The maximum Gasteiger partial charge on any atom is 0.390 e. The van der Waals surface area contributed by atoms with Crippen LogP contribution in [0.2, 0.25) is 0 Å². The number of nitrogens with one attached hydrogen (secondary N) is 1. The second-order valence-electron chi connectivity index (χ2n) is 5.27. The van der Waals surface area contributed by atoms with Gasteiger partial charge in [-0.1, -0.05) is 0 Å². The average Bonchev–Trinajstić information content (AvgIpc) is 2.51. The summed E-state index contributed by atoms with van der Waals surface area (Å²) in [4.78, 5) is 1.80. The molecule has 2 N–H and O–H groups in total. The molecular weight excluding hydrogens is 445 g/mol. The first kappa shape index (κ1) is 18.8. The molecule has 0 saturated carbocycles. The predicted octanol–water partition coefficient (Wildman–Crippen LogP) is 3.82. The van der Waals surface area contributed by atoms with Gasteiger partial charge in [0.2, 0.25) is 0 Å². The largest absolute Gasteiger partial charge is 0.503 e. The highest BCUT2D eigenvalue weighted by Gasteiger charge is 2.37. The summed E-state index contributed by atoms with van der Waals surface area (Å²) in [5.74, 6) is -0.00780. The zero-order chi connectivity index (χ0) is 17.2. The van der Waals surface area contributed by atoms with Gasteiger partial charge in [-0.15, -0.1) is 0 Å². The number of methoxy groups -OCH3 is 1. The minimum atomic E-state index is -4.30. The van der Waals surface area contributed by atoms with Gasteiger partial charge in [0, 0.05) is 36.7 Å². The zero-order valence-electron chi connectivity index (χ0n) is 12.4. The van der Waals surface area contributed by atoms with Gasteiger partial charge in [0.05, 0.1) is 18.0 Å².